The Morgan fingerprint density at radius 2 is 1.81 bits per heavy atom. The van der Waals surface area contributed by atoms with Crippen LogP contribution in [-0.4, -0.2) is 12.4 Å². The highest BCUT2D eigenvalue weighted by Crippen LogP contribution is 2.20. The summed E-state index contributed by atoms with van der Waals surface area (Å²) in [5.74, 6) is -0.625. The van der Waals surface area contributed by atoms with Crippen LogP contribution >= 0.6 is 0 Å². The Morgan fingerprint density at radius 3 is 2.52 bits per heavy atom. The van der Waals surface area contributed by atoms with Crippen LogP contribution in [0.25, 0.3) is 0 Å². The van der Waals surface area contributed by atoms with Gasteiger partial charge in [0.2, 0.25) is 0 Å². The zero-order valence-electron chi connectivity index (χ0n) is 11.7. The highest BCUT2D eigenvalue weighted by Gasteiger charge is 2.08. The van der Waals surface area contributed by atoms with Crippen molar-refractivity contribution in [3.05, 3.63) is 65.2 Å². The van der Waals surface area contributed by atoms with Crippen LogP contribution in [0.15, 0.2) is 42.5 Å². The Balaban J connectivity index is 1.80. The van der Waals surface area contributed by atoms with Gasteiger partial charge in [-0.1, -0.05) is 12.1 Å². The van der Waals surface area contributed by atoms with Crippen molar-refractivity contribution in [3.8, 4) is 5.75 Å². The average Bonchev–Trinajstić information content (AvgIpc) is 2.48. The van der Waals surface area contributed by atoms with Gasteiger partial charge in [-0.15, -0.1) is 0 Å². The summed E-state index contributed by atoms with van der Waals surface area (Å²) in [6.07, 6.45) is 0.753. The third-order valence-electron chi connectivity index (χ3n) is 3.13. The predicted molar refractivity (Wildman–Crippen MR) is 76.6 cm³/mol. The minimum absolute atomic E-state index is 0.0803. The quantitative estimate of drug-likeness (QED) is 0.585. The zero-order valence-corrected chi connectivity index (χ0v) is 11.7. The van der Waals surface area contributed by atoms with E-state index in [4.69, 9.17) is 4.74 Å². The molecule has 0 bridgehead atoms. The molecule has 0 saturated heterocycles. The van der Waals surface area contributed by atoms with Crippen LogP contribution in [0.2, 0.25) is 0 Å². The van der Waals surface area contributed by atoms with Gasteiger partial charge < -0.3 is 4.74 Å². The standard InChI is InChI=1S/C17H16F2O2/c1-12-4-2-6-16(17(12)19)21-11-3-5-15(20)13-7-9-14(18)10-8-13/h2,4,6-10H,3,5,11H2,1H3. The molecule has 110 valence electrons. The second kappa shape index (κ2) is 6.97. The number of ketones is 1. The number of rotatable bonds is 6. The first-order valence-corrected chi connectivity index (χ1v) is 6.74. The number of halogens is 2. The average molecular weight is 290 g/mol. The molecule has 0 radical (unpaired) electrons. The molecule has 0 aromatic heterocycles. The number of hydrogen-bond acceptors (Lipinski definition) is 2. The van der Waals surface area contributed by atoms with Crippen molar-refractivity contribution in [3.63, 3.8) is 0 Å². The van der Waals surface area contributed by atoms with E-state index in [9.17, 15) is 13.6 Å². The van der Waals surface area contributed by atoms with Crippen molar-refractivity contribution in [1.82, 2.24) is 0 Å². The number of aryl methyl sites for hydroxylation is 1. The minimum atomic E-state index is -0.373. The SMILES string of the molecule is Cc1cccc(OCCCC(=O)c2ccc(F)cc2)c1F. The van der Waals surface area contributed by atoms with Crippen molar-refractivity contribution in [2.24, 2.45) is 0 Å². The van der Waals surface area contributed by atoms with E-state index in [0.29, 0.717) is 17.5 Å². The first-order valence-electron chi connectivity index (χ1n) is 6.74. The second-order valence-corrected chi connectivity index (χ2v) is 4.77. The van der Waals surface area contributed by atoms with Crippen LogP contribution in [0.5, 0.6) is 5.75 Å². The fourth-order valence-corrected chi connectivity index (χ4v) is 1.93. The maximum atomic E-state index is 13.7. The summed E-state index contributed by atoms with van der Waals surface area (Å²) in [5, 5.41) is 0. The van der Waals surface area contributed by atoms with Gasteiger partial charge >= 0.3 is 0 Å². The number of carbonyl (C=O) groups excluding carboxylic acids is 1. The molecule has 2 aromatic carbocycles. The van der Waals surface area contributed by atoms with Gasteiger partial charge in [0.05, 0.1) is 6.61 Å². The van der Waals surface area contributed by atoms with Crippen LogP contribution in [0, 0.1) is 18.6 Å². The highest BCUT2D eigenvalue weighted by molar-refractivity contribution is 5.95. The van der Waals surface area contributed by atoms with Crippen LogP contribution in [0.4, 0.5) is 8.78 Å². The first-order chi connectivity index (χ1) is 10.1. The van der Waals surface area contributed by atoms with Gasteiger partial charge in [0, 0.05) is 12.0 Å². The molecule has 0 N–H and O–H groups in total. The van der Waals surface area contributed by atoms with Crippen LogP contribution in [0.1, 0.15) is 28.8 Å². The smallest absolute Gasteiger partial charge is 0.167 e. The lowest BCUT2D eigenvalue weighted by molar-refractivity contribution is 0.0973. The van der Waals surface area contributed by atoms with Crippen molar-refractivity contribution < 1.29 is 18.3 Å². The van der Waals surface area contributed by atoms with Crippen molar-refractivity contribution in [1.29, 1.82) is 0 Å². The minimum Gasteiger partial charge on any atom is -0.490 e. The topological polar surface area (TPSA) is 26.3 Å². The molecule has 2 aromatic rings. The molecule has 0 unspecified atom stereocenters. The third kappa shape index (κ3) is 4.12. The molecule has 21 heavy (non-hydrogen) atoms. The van der Waals surface area contributed by atoms with E-state index in [2.05, 4.69) is 0 Å². The Kier molecular flexibility index (Phi) is 5.04. The summed E-state index contributed by atoms with van der Waals surface area (Å²) >= 11 is 0. The summed E-state index contributed by atoms with van der Waals surface area (Å²) in [6, 6.07) is 10.4. The Morgan fingerprint density at radius 1 is 1.10 bits per heavy atom. The van der Waals surface area contributed by atoms with E-state index in [-0.39, 0.29) is 36.2 Å². The Labute approximate surface area is 122 Å². The molecule has 2 rings (SSSR count). The zero-order chi connectivity index (χ0) is 15.2. The van der Waals surface area contributed by atoms with Gasteiger partial charge in [0.1, 0.15) is 5.82 Å². The largest absolute Gasteiger partial charge is 0.490 e. The Hall–Kier alpha value is -2.23. The molecule has 0 aliphatic rings. The maximum Gasteiger partial charge on any atom is 0.167 e. The lowest BCUT2D eigenvalue weighted by atomic mass is 10.1. The number of Topliss-reactive ketones (excluding diaryl/α,β-unsaturated/α-hetero) is 1. The highest BCUT2D eigenvalue weighted by atomic mass is 19.1. The maximum absolute atomic E-state index is 13.7. The molecule has 2 nitrogen and oxygen atoms in total. The van der Waals surface area contributed by atoms with Crippen molar-refractivity contribution in [2.75, 3.05) is 6.61 Å². The van der Waals surface area contributed by atoms with Gasteiger partial charge in [0.15, 0.2) is 17.3 Å². The van der Waals surface area contributed by atoms with Gasteiger partial charge in [-0.3, -0.25) is 4.79 Å². The third-order valence-corrected chi connectivity index (χ3v) is 3.13. The number of ether oxygens (including phenoxy) is 1. The second-order valence-electron chi connectivity index (χ2n) is 4.77. The summed E-state index contributed by atoms with van der Waals surface area (Å²) < 4.78 is 31.7. The molecule has 0 amide bonds. The predicted octanol–water partition coefficient (Wildman–Crippen LogP) is 4.32. The van der Waals surface area contributed by atoms with E-state index < -0.39 is 0 Å². The van der Waals surface area contributed by atoms with Crippen LogP contribution in [-0.2, 0) is 0 Å². The molecule has 0 heterocycles. The fourth-order valence-electron chi connectivity index (χ4n) is 1.93. The van der Waals surface area contributed by atoms with Crippen LogP contribution in [0.3, 0.4) is 0 Å². The van der Waals surface area contributed by atoms with Crippen molar-refractivity contribution in [2.45, 2.75) is 19.8 Å². The van der Waals surface area contributed by atoms with Gasteiger partial charge in [-0.05, 0) is 49.2 Å². The summed E-state index contributed by atoms with van der Waals surface area (Å²) in [6.45, 7) is 1.92. The molecule has 0 aliphatic heterocycles. The lowest BCUT2D eigenvalue weighted by Gasteiger charge is -2.08. The molecule has 0 spiro atoms. The summed E-state index contributed by atoms with van der Waals surface area (Å²) in [7, 11) is 0. The molecular formula is C17H16F2O2. The normalized spacial score (nSPS) is 10.4. The van der Waals surface area contributed by atoms with Crippen molar-refractivity contribution >= 4 is 5.78 Å². The van der Waals surface area contributed by atoms with E-state index in [1.807, 2.05) is 0 Å². The Bertz CT molecular complexity index is 621. The number of carbonyl (C=O) groups is 1. The first kappa shape index (κ1) is 15.2. The summed E-state index contributed by atoms with van der Waals surface area (Å²) in [5.41, 5.74) is 0.994. The molecule has 0 saturated carbocycles. The van der Waals surface area contributed by atoms with E-state index in [1.54, 1.807) is 25.1 Å². The molecule has 0 aliphatic carbocycles. The van der Waals surface area contributed by atoms with Gasteiger partial charge in [-0.25, -0.2) is 8.78 Å². The fraction of sp³-hybridized carbons (Fsp3) is 0.235. The van der Waals surface area contributed by atoms with Gasteiger partial charge in [0.25, 0.3) is 0 Å². The molecular weight excluding hydrogens is 274 g/mol. The van der Waals surface area contributed by atoms with E-state index >= 15 is 0 Å². The van der Waals surface area contributed by atoms with Crippen LogP contribution < -0.4 is 4.74 Å². The number of hydrogen-bond donors (Lipinski definition) is 0. The molecule has 0 atom stereocenters. The van der Waals surface area contributed by atoms with E-state index in [1.165, 1.54) is 24.3 Å². The van der Waals surface area contributed by atoms with Gasteiger partial charge in [-0.2, -0.15) is 0 Å². The molecule has 4 heteroatoms. The van der Waals surface area contributed by atoms with E-state index in [0.717, 1.165) is 0 Å². The monoisotopic (exact) mass is 290 g/mol. The lowest BCUT2D eigenvalue weighted by Crippen LogP contribution is -2.05. The molecule has 0 fully saturated rings. The summed E-state index contributed by atoms with van der Waals surface area (Å²) in [4.78, 5) is 11.8. The number of benzene rings is 2.